The van der Waals surface area contributed by atoms with Crippen molar-refractivity contribution in [3.05, 3.63) is 60.2 Å². The predicted molar refractivity (Wildman–Crippen MR) is 96.4 cm³/mol. The van der Waals surface area contributed by atoms with Gasteiger partial charge in [-0.15, -0.1) is 17.0 Å². The summed E-state index contributed by atoms with van der Waals surface area (Å²) in [5.41, 5.74) is 2.15. The quantitative estimate of drug-likeness (QED) is 0.550. The molecule has 0 aliphatic rings. The molecular weight excluding hydrogens is 464 g/mol. The van der Waals surface area contributed by atoms with E-state index in [0.717, 1.165) is 11.1 Å². The van der Waals surface area contributed by atoms with E-state index in [1.54, 1.807) is 24.8 Å². The highest BCUT2D eigenvalue weighted by Crippen LogP contribution is 2.31. The molecule has 2 unspecified atom stereocenters. The molecule has 112 valence electrons. The highest BCUT2D eigenvalue weighted by atomic mass is 79.9. The Hall–Kier alpha value is -0.590. The smallest absolute Gasteiger partial charge is 0.135 e. The van der Waals surface area contributed by atoms with Crippen molar-refractivity contribution in [2.45, 2.75) is 22.5 Å². The summed E-state index contributed by atoms with van der Waals surface area (Å²) in [6.07, 6.45) is 7.88. The van der Waals surface area contributed by atoms with Gasteiger partial charge in [-0.1, -0.05) is 31.9 Å². The largest absolute Gasteiger partial charge is 0.300 e. The average molecular weight is 479 g/mol. The molecule has 2 atom stereocenters. The number of Topliss-reactive ketones (excluding diaryl/α,β-unsaturated/α-hetero) is 1. The van der Waals surface area contributed by atoms with Gasteiger partial charge in [-0.2, -0.15) is 0 Å². The number of carbonyl (C=O) groups excluding carboxylic acids is 1. The zero-order valence-electron chi connectivity index (χ0n) is 11.2. The number of halogens is 3. The summed E-state index contributed by atoms with van der Waals surface area (Å²) in [7, 11) is 0. The monoisotopic (exact) mass is 476 g/mol. The Morgan fingerprint density at radius 3 is 1.52 bits per heavy atom. The van der Waals surface area contributed by atoms with E-state index in [1.807, 2.05) is 24.3 Å². The zero-order valence-corrected chi connectivity index (χ0v) is 16.0. The zero-order chi connectivity index (χ0) is 14.4. The third-order valence-electron chi connectivity index (χ3n) is 2.95. The molecule has 0 amide bonds. The molecule has 0 spiro atoms. The number of aromatic nitrogens is 2. The fourth-order valence-electron chi connectivity index (χ4n) is 1.86. The fourth-order valence-corrected chi connectivity index (χ4v) is 3.20. The Labute approximate surface area is 151 Å². The second kappa shape index (κ2) is 9.43. The molecule has 2 heterocycles. The molecule has 0 fully saturated rings. The summed E-state index contributed by atoms with van der Waals surface area (Å²) in [4.78, 5) is 20.1. The van der Waals surface area contributed by atoms with Crippen LogP contribution in [0.5, 0.6) is 0 Å². The van der Waals surface area contributed by atoms with Crippen molar-refractivity contribution in [3.8, 4) is 0 Å². The van der Waals surface area contributed by atoms with Gasteiger partial charge in [0.1, 0.15) is 5.78 Å². The Morgan fingerprint density at radius 2 is 1.19 bits per heavy atom. The van der Waals surface area contributed by atoms with Crippen molar-refractivity contribution in [3.63, 3.8) is 0 Å². The first-order valence-corrected chi connectivity index (χ1v) is 8.09. The topological polar surface area (TPSA) is 42.9 Å². The first kappa shape index (κ1) is 18.5. The van der Waals surface area contributed by atoms with Crippen molar-refractivity contribution in [2.75, 3.05) is 0 Å². The van der Waals surface area contributed by atoms with Gasteiger partial charge in [-0.25, -0.2) is 0 Å². The molecule has 2 aromatic rings. The minimum absolute atomic E-state index is 0. The summed E-state index contributed by atoms with van der Waals surface area (Å²) in [6.45, 7) is 0. The molecule has 3 nitrogen and oxygen atoms in total. The van der Waals surface area contributed by atoms with Crippen molar-refractivity contribution in [1.29, 1.82) is 0 Å². The molecular formula is C15H15Br3N2O. The number of nitrogens with zero attached hydrogens (tertiary/aromatic N) is 2. The van der Waals surface area contributed by atoms with Crippen LogP contribution in [0.2, 0.25) is 0 Å². The number of ketones is 1. The molecule has 0 N–H and O–H groups in total. The molecule has 0 aliphatic carbocycles. The molecule has 0 radical (unpaired) electrons. The van der Waals surface area contributed by atoms with Crippen LogP contribution in [0, 0.1) is 0 Å². The third kappa shape index (κ3) is 5.96. The van der Waals surface area contributed by atoms with Gasteiger partial charge < -0.3 is 0 Å². The van der Waals surface area contributed by atoms with E-state index in [4.69, 9.17) is 0 Å². The predicted octanol–water partition coefficient (Wildman–Crippen LogP) is 4.98. The molecule has 0 bridgehead atoms. The minimum Gasteiger partial charge on any atom is -0.300 e. The number of alkyl halides is 2. The van der Waals surface area contributed by atoms with Gasteiger partial charge >= 0.3 is 0 Å². The minimum atomic E-state index is 0. The van der Waals surface area contributed by atoms with Crippen molar-refractivity contribution < 1.29 is 4.79 Å². The average Bonchev–Trinajstić information content (AvgIpc) is 2.49. The fraction of sp³-hybridized carbons (Fsp3) is 0.267. The van der Waals surface area contributed by atoms with E-state index in [1.165, 1.54) is 0 Å². The van der Waals surface area contributed by atoms with Crippen LogP contribution in [0.15, 0.2) is 49.1 Å². The highest BCUT2D eigenvalue weighted by Gasteiger charge is 2.17. The first-order valence-electron chi connectivity index (χ1n) is 6.26. The molecule has 0 aromatic carbocycles. The summed E-state index contributed by atoms with van der Waals surface area (Å²) in [5.74, 6) is 0.211. The lowest BCUT2D eigenvalue weighted by Crippen LogP contribution is -2.06. The van der Waals surface area contributed by atoms with Crippen LogP contribution in [0.1, 0.15) is 33.6 Å². The maximum absolute atomic E-state index is 12.1. The van der Waals surface area contributed by atoms with Gasteiger partial charge in [0.2, 0.25) is 0 Å². The standard InChI is InChI=1S/C15H14Br2N2O.BrH/c16-14(11-1-5-18-6-2-11)9-13(20)10-15(17)12-3-7-19-8-4-12;/h1-8,14-15H,9-10H2;1H. The summed E-state index contributed by atoms with van der Waals surface area (Å²) in [6, 6.07) is 7.67. The van der Waals surface area contributed by atoms with Gasteiger partial charge in [0.05, 0.1) is 0 Å². The number of rotatable bonds is 6. The van der Waals surface area contributed by atoms with Crippen molar-refractivity contribution in [1.82, 2.24) is 9.97 Å². The van der Waals surface area contributed by atoms with Crippen LogP contribution in [0.4, 0.5) is 0 Å². The number of hydrogen-bond acceptors (Lipinski definition) is 3. The Morgan fingerprint density at radius 1 is 0.857 bits per heavy atom. The maximum atomic E-state index is 12.1. The molecule has 6 heteroatoms. The van der Waals surface area contributed by atoms with E-state index in [-0.39, 0.29) is 32.4 Å². The Bertz CT molecular complexity index is 502. The summed E-state index contributed by atoms with van der Waals surface area (Å²) < 4.78 is 0. The van der Waals surface area contributed by atoms with Crippen LogP contribution in [-0.2, 0) is 4.79 Å². The molecule has 0 aliphatic heterocycles. The summed E-state index contributed by atoms with van der Waals surface area (Å²) >= 11 is 7.12. The third-order valence-corrected chi connectivity index (χ3v) is 4.65. The van der Waals surface area contributed by atoms with Crippen LogP contribution in [0.25, 0.3) is 0 Å². The van der Waals surface area contributed by atoms with Crippen molar-refractivity contribution in [2.24, 2.45) is 0 Å². The van der Waals surface area contributed by atoms with E-state index >= 15 is 0 Å². The SMILES string of the molecule is Br.O=C(CC(Br)c1ccncc1)CC(Br)c1ccncc1. The number of carbonyl (C=O) groups is 1. The molecule has 2 rings (SSSR count). The Balaban J connectivity index is 0.00000220. The van der Waals surface area contributed by atoms with E-state index in [0.29, 0.717) is 12.8 Å². The molecule has 0 saturated heterocycles. The van der Waals surface area contributed by atoms with Crippen LogP contribution >= 0.6 is 48.8 Å². The van der Waals surface area contributed by atoms with Crippen LogP contribution in [0.3, 0.4) is 0 Å². The van der Waals surface area contributed by atoms with Crippen molar-refractivity contribution >= 4 is 54.6 Å². The van der Waals surface area contributed by atoms with Crippen LogP contribution < -0.4 is 0 Å². The van der Waals surface area contributed by atoms with Gasteiger partial charge in [-0.05, 0) is 35.4 Å². The maximum Gasteiger partial charge on any atom is 0.135 e. The van der Waals surface area contributed by atoms with Gasteiger partial charge in [0.15, 0.2) is 0 Å². The summed E-state index contributed by atoms with van der Waals surface area (Å²) in [5, 5.41) is 0. The molecule has 21 heavy (non-hydrogen) atoms. The van der Waals surface area contributed by atoms with Crippen LogP contribution in [-0.4, -0.2) is 15.8 Å². The first-order chi connectivity index (χ1) is 9.66. The highest BCUT2D eigenvalue weighted by molar-refractivity contribution is 9.09. The Kier molecular flexibility index (Phi) is 8.29. The number of pyridine rings is 2. The van der Waals surface area contributed by atoms with Gasteiger partial charge in [0, 0.05) is 47.3 Å². The van der Waals surface area contributed by atoms with E-state index in [2.05, 4.69) is 41.8 Å². The van der Waals surface area contributed by atoms with E-state index < -0.39 is 0 Å². The number of hydrogen-bond donors (Lipinski definition) is 0. The lowest BCUT2D eigenvalue weighted by atomic mass is 10.0. The lowest BCUT2D eigenvalue weighted by Gasteiger charge is -2.12. The van der Waals surface area contributed by atoms with E-state index in [9.17, 15) is 4.79 Å². The normalized spacial score (nSPS) is 13.0. The molecule has 2 aromatic heterocycles. The van der Waals surface area contributed by atoms with Gasteiger partial charge in [-0.3, -0.25) is 14.8 Å². The van der Waals surface area contributed by atoms with Gasteiger partial charge in [0.25, 0.3) is 0 Å². The second-order valence-corrected chi connectivity index (χ2v) is 6.65. The lowest BCUT2D eigenvalue weighted by molar-refractivity contribution is -0.119. The second-order valence-electron chi connectivity index (χ2n) is 4.44. The molecule has 0 saturated carbocycles.